The molecule has 1 heterocycles. The SMILES string of the molecule is O=C(O)CCCCc1nc2cc(C(=O)NC(CO)c3ccc(F)cc3)ccc2nc1-c1ccccc1. The minimum Gasteiger partial charge on any atom is -0.481 e. The number of aromatic nitrogens is 2. The summed E-state index contributed by atoms with van der Waals surface area (Å²) in [6.45, 7) is -0.342. The van der Waals surface area contributed by atoms with Crippen molar-refractivity contribution in [3.63, 3.8) is 0 Å². The third-order valence-corrected chi connectivity index (χ3v) is 5.86. The van der Waals surface area contributed by atoms with Gasteiger partial charge in [0, 0.05) is 17.5 Å². The molecule has 7 nitrogen and oxygen atoms in total. The summed E-state index contributed by atoms with van der Waals surface area (Å²) in [5, 5.41) is 21.5. The first kappa shape index (κ1) is 24.9. The molecule has 0 bridgehead atoms. The van der Waals surface area contributed by atoms with Gasteiger partial charge in [0.15, 0.2) is 0 Å². The monoisotopic (exact) mass is 487 g/mol. The average Bonchev–Trinajstić information content (AvgIpc) is 2.89. The van der Waals surface area contributed by atoms with Crippen molar-refractivity contribution in [3.8, 4) is 11.3 Å². The molecule has 0 spiro atoms. The number of carbonyl (C=O) groups is 2. The van der Waals surface area contributed by atoms with Gasteiger partial charge in [0.05, 0.1) is 35.1 Å². The summed E-state index contributed by atoms with van der Waals surface area (Å²) in [6, 6.07) is 19.6. The van der Waals surface area contributed by atoms with Gasteiger partial charge >= 0.3 is 5.97 Å². The van der Waals surface area contributed by atoms with Crippen molar-refractivity contribution in [2.75, 3.05) is 6.61 Å². The number of nitrogens with one attached hydrogen (secondary N) is 1. The van der Waals surface area contributed by atoms with Gasteiger partial charge in [0.25, 0.3) is 5.91 Å². The van der Waals surface area contributed by atoms with Crippen LogP contribution in [0.1, 0.15) is 46.9 Å². The number of aliphatic hydroxyl groups is 1. The molecule has 0 fully saturated rings. The van der Waals surface area contributed by atoms with Gasteiger partial charge in [-0.1, -0.05) is 42.5 Å². The predicted molar refractivity (Wildman–Crippen MR) is 134 cm³/mol. The molecule has 8 heteroatoms. The van der Waals surface area contributed by atoms with Crippen LogP contribution in [0.3, 0.4) is 0 Å². The van der Waals surface area contributed by atoms with E-state index in [2.05, 4.69) is 5.32 Å². The van der Waals surface area contributed by atoms with Crippen LogP contribution in [0.25, 0.3) is 22.3 Å². The molecule has 0 aliphatic rings. The van der Waals surface area contributed by atoms with Gasteiger partial charge in [-0.15, -0.1) is 0 Å². The topological polar surface area (TPSA) is 112 Å². The fourth-order valence-electron chi connectivity index (χ4n) is 3.97. The standard InChI is InChI=1S/C28H26FN3O4/c29-21-13-10-18(11-14-21)25(17-33)32-28(36)20-12-15-22-24(16-20)30-23(8-4-5-9-26(34)35)27(31-22)19-6-2-1-3-7-19/h1-3,6-7,10-16,25,33H,4-5,8-9,17H2,(H,32,36)(H,34,35). The zero-order chi connectivity index (χ0) is 25.5. The number of hydrogen-bond acceptors (Lipinski definition) is 5. The van der Waals surface area contributed by atoms with Crippen molar-refractivity contribution in [1.82, 2.24) is 15.3 Å². The second kappa shape index (κ2) is 11.5. The van der Waals surface area contributed by atoms with Gasteiger partial charge in [-0.25, -0.2) is 14.4 Å². The molecule has 0 radical (unpaired) electrons. The Bertz CT molecular complexity index is 1360. The lowest BCUT2D eigenvalue weighted by Gasteiger charge is -2.17. The number of nitrogens with zero attached hydrogens (tertiary/aromatic N) is 2. The van der Waals surface area contributed by atoms with Crippen LogP contribution >= 0.6 is 0 Å². The molecule has 1 unspecified atom stereocenters. The van der Waals surface area contributed by atoms with Gasteiger partial charge in [-0.05, 0) is 55.2 Å². The lowest BCUT2D eigenvalue weighted by molar-refractivity contribution is -0.137. The number of aliphatic carboxylic acids is 1. The van der Waals surface area contributed by atoms with E-state index in [1.165, 1.54) is 24.3 Å². The van der Waals surface area contributed by atoms with E-state index in [9.17, 15) is 19.1 Å². The van der Waals surface area contributed by atoms with Crippen LogP contribution in [0.5, 0.6) is 0 Å². The Kier molecular flexibility index (Phi) is 7.97. The molecule has 1 amide bonds. The Hall–Kier alpha value is -4.17. The number of aliphatic hydroxyl groups excluding tert-OH is 1. The fraction of sp³-hybridized carbons (Fsp3) is 0.214. The van der Waals surface area contributed by atoms with E-state index < -0.39 is 23.7 Å². The maximum Gasteiger partial charge on any atom is 0.303 e. The largest absolute Gasteiger partial charge is 0.481 e. The molecule has 4 aromatic rings. The first-order chi connectivity index (χ1) is 17.4. The van der Waals surface area contributed by atoms with E-state index in [0.717, 1.165) is 17.0 Å². The summed E-state index contributed by atoms with van der Waals surface area (Å²) in [4.78, 5) is 33.4. The van der Waals surface area contributed by atoms with Gasteiger partial charge in [0.1, 0.15) is 5.82 Å². The van der Waals surface area contributed by atoms with E-state index >= 15 is 0 Å². The summed E-state index contributed by atoms with van der Waals surface area (Å²) in [5.41, 5.74) is 4.47. The van der Waals surface area contributed by atoms with Crippen LogP contribution in [-0.4, -0.2) is 38.7 Å². The zero-order valence-electron chi connectivity index (χ0n) is 19.5. The molecule has 3 aromatic carbocycles. The highest BCUT2D eigenvalue weighted by Gasteiger charge is 2.17. The van der Waals surface area contributed by atoms with Crippen LogP contribution in [0, 0.1) is 5.82 Å². The van der Waals surface area contributed by atoms with Crippen molar-refractivity contribution in [2.45, 2.75) is 31.7 Å². The van der Waals surface area contributed by atoms with Crippen molar-refractivity contribution < 1.29 is 24.2 Å². The number of halogens is 1. The molecule has 0 saturated heterocycles. The smallest absolute Gasteiger partial charge is 0.303 e. The number of benzene rings is 3. The Labute approximate surface area is 207 Å². The van der Waals surface area contributed by atoms with E-state index in [4.69, 9.17) is 15.1 Å². The summed E-state index contributed by atoms with van der Waals surface area (Å²) < 4.78 is 13.2. The van der Waals surface area contributed by atoms with E-state index in [-0.39, 0.29) is 13.0 Å². The Morgan fingerprint density at radius 3 is 2.36 bits per heavy atom. The predicted octanol–water partition coefficient (Wildman–Crippen LogP) is 4.70. The number of hydrogen-bond donors (Lipinski definition) is 3. The van der Waals surface area contributed by atoms with Crippen LogP contribution in [-0.2, 0) is 11.2 Å². The summed E-state index contributed by atoms with van der Waals surface area (Å²) >= 11 is 0. The minimum absolute atomic E-state index is 0.0894. The molecular formula is C28H26FN3O4. The molecule has 0 saturated carbocycles. The van der Waals surface area contributed by atoms with Crippen molar-refractivity contribution in [2.24, 2.45) is 0 Å². The molecule has 36 heavy (non-hydrogen) atoms. The lowest BCUT2D eigenvalue weighted by Crippen LogP contribution is -2.30. The first-order valence-corrected chi connectivity index (χ1v) is 11.7. The Balaban J connectivity index is 1.62. The van der Waals surface area contributed by atoms with Gasteiger partial charge in [0.2, 0.25) is 0 Å². The molecule has 184 valence electrons. The van der Waals surface area contributed by atoms with Crippen molar-refractivity contribution in [1.29, 1.82) is 0 Å². The second-order valence-corrected chi connectivity index (χ2v) is 8.45. The number of unbranched alkanes of at least 4 members (excludes halogenated alkanes) is 1. The van der Waals surface area contributed by atoms with Crippen molar-refractivity contribution in [3.05, 3.63) is 95.4 Å². The van der Waals surface area contributed by atoms with Crippen LogP contribution < -0.4 is 5.32 Å². The van der Waals surface area contributed by atoms with Crippen LogP contribution in [0.15, 0.2) is 72.8 Å². The lowest BCUT2D eigenvalue weighted by atomic mass is 10.0. The number of fused-ring (bicyclic) bond motifs is 1. The van der Waals surface area contributed by atoms with Gasteiger partial charge in [-0.2, -0.15) is 0 Å². The number of amides is 1. The number of rotatable bonds is 10. The molecule has 0 aliphatic heterocycles. The van der Waals surface area contributed by atoms with E-state index in [1.807, 2.05) is 30.3 Å². The maximum atomic E-state index is 13.2. The van der Waals surface area contributed by atoms with Crippen LogP contribution in [0.2, 0.25) is 0 Å². The third kappa shape index (κ3) is 6.09. The zero-order valence-corrected chi connectivity index (χ0v) is 19.5. The maximum absolute atomic E-state index is 13.2. The minimum atomic E-state index is -0.833. The number of carboxylic acids is 1. The van der Waals surface area contributed by atoms with Crippen LogP contribution in [0.4, 0.5) is 4.39 Å². The first-order valence-electron chi connectivity index (χ1n) is 11.7. The normalized spacial score (nSPS) is 11.8. The number of carbonyl (C=O) groups excluding carboxylic acids is 1. The van der Waals surface area contributed by atoms with Gasteiger partial charge < -0.3 is 15.5 Å². The third-order valence-electron chi connectivity index (χ3n) is 5.86. The average molecular weight is 488 g/mol. The highest BCUT2D eigenvalue weighted by molar-refractivity contribution is 5.97. The highest BCUT2D eigenvalue weighted by Crippen LogP contribution is 2.25. The molecular weight excluding hydrogens is 461 g/mol. The van der Waals surface area contributed by atoms with Gasteiger partial charge in [-0.3, -0.25) is 9.59 Å². The summed E-state index contributed by atoms with van der Waals surface area (Å²) in [5.74, 6) is -1.64. The quantitative estimate of drug-likeness (QED) is 0.280. The Morgan fingerprint density at radius 1 is 0.917 bits per heavy atom. The highest BCUT2D eigenvalue weighted by atomic mass is 19.1. The molecule has 1 atom stereocenters. The number of carboxylic acid groups (broad SMARTS) is 1. The summed E-state index contributed by atoms with van der Waals surface area (Å²) in [7, 11) is 0. The Morgan fingerprint density at radius 2 is 1.67 bits per heavy atom. The molecule has 4 rings (SSSR count). The summed E-state index contributed by atoms with van der Waals surface area (Å²) in [6.07, 6.45) is 1.81. The molecule has 0 aliphatic carbocycles. The fourth-order valence-corrected chi connectivity index (χ4v) is 3.97. The van der Waals surface area contributed by atoms with Crippen molar-refractivity contribution >= 4 is 22.9 Å². The number of aryl methyl sites for hydroxylation is 1. The molecule has 1 aromatic heterocycles. The van der Waals surface area contributed by atoms with E-state index in [1.54, 1.807) is 18.2 Å². The second-order valence-electron chi connectivity index (χ2n) is 8.45. The van der Waals surface area contributed by atoms with E-state index in [0.29, 0.717) is 41.4 Å². The molecule has 3 N–H and O–H groups in total.